The van der Waals surface area contributed by atoms with Gasteiger partial charge in [-0.25, -0.2) is 0 Å². The van der Waals surface area contributed by atoms with E-state index >= 15 is 0 Å². The predicted octanol–water partition coefficient (Wildman–Crippen LogP) is 0.966. The van der Waals surface area contributed by atoms with E-state index < -0.39 is 0 Å². The van der Waals surface area contributed by atoms with E-state index in [0.29, 0.717) is 12.2 Å². The van der Waals surface area contributed by atoms with Gasteiger partial charge in [-0.05, 0) is 12.1 Å². The van der Waals surface area contributed by atoms with E-state index in [2.05, 4.69) is 4.98 Å². The second-order valence-corrected chi connectivity index (χ2v) is 1.79. The zero-order chi connectivity index (χ0) is 6.69. The van der Waals surface area contributed by atoms with Gasteiger partial charge >= 0.3 is 0 Å². The van der Waals surface area contributed by atoms with Crippen molar-refractivity contribution in [1.82, 2.24) is 4.98 Å². The maximum Gasteiger partial charge on any atom is 0.0541 e. The largest absolute Gasteiger partial charge is 0.397 e. The van der Waals surface area contributed by atoms with Gasteiger partial charge in [0, 0.05) is 6.54 Å². The summed E-state index contributed by atoms with van der Waals surface area (Å²) in [6.45, 7) is 0.472. The molecule has 0 amide bonds. The number of nitrogens with two attached hydrogens (primary N) is 2. The number of nitrogen functional groups attached to an aromatic ring is 1. The third-order valence-corrected chi connectivity index (χ3v) is 1.06. The monoisotopic (exact) mass is 195 g/mol. The Bertz CT molecular complexity index is 188. The van der Waals surface area contributed by atoms with E-state index in [-0.39, 0.29) is 24.8 Å². The van der Waals surface area contributed by atoms with E-state index in [1.54, 1.807) is 12.3 Å². The number of rotatable bonds is 1. The average molecular weight is 196 g/mol. The van der Waals surface area contributed by atoms with Gasteiger partial charge in [0.1, 0.15) is 0 Å². The van der Waals surface area contributed by atoms with E-state index in [9.17, 15) is 0 Å². The summed E-state index contributed by atoms with van der Waals surface area (Å²) < 4.78 is 0. The maximum atomic E-state index is 5.38. The van der Waals surface area contributed by atoms with Gasteiger partial charge in [0.25, 0.3) is 0 Å². The van der Waals surface area contributed by atoms with Gasteiger partial charge in [-0.3, -0.25) is 4.98 Å². The van der Waals surface area contributed by atoms with Crippen molar-refractivity contribution in [3.63, 3.8) is 0 Å². The van der Waals surface area contributed by atoms with Crippen LogP contribution in [0.15, 0.2) is 18.3 Å². The van der Waals surface area contributed by atoms with Crippen LogP contribution in [0.2, 0.25) is 0 Å². The number of anilines is 1. The fourth-order valence-corrected chi connectivity index (χ4v) is 0.557. The lowest BCUT2D eigenvalue weighted by Gasteiger charge is -1.93. The van der Waals surface area contributed by atoms with Crippen molar-refractivity contribution in [2.45, 2.75) is 6.54 Å². The fourth-order valence-electron chi connectivity index (χ4n) is 0.557. The lowest BCUT2D eigenvalue weighted by Crippen LogP contribution is -1.99. The van der Waals surface area contributed by atoms with Crippen LogP contribution in [0, 0.1) is 0 Å². The van der Waals surface area contributed by atoms with Gasteiger partial charge in [-0.15, -0.1) is 24.8 Å². The standard InChI is InChI=1S/C6H9N3.2ClH/c7-3-6-2-1-5(8)4-9-6;;/h1-2,4H,3,7-8H2;2*1H. The summed E-state index contributed by atoms with van der Waals surface area (Å²) in [5, 5.41) is 0. The van der Waals surface area contributed by atoms with Crippen molar-refractivity contribution in [3.8, 4) is 0 Å². The molecule has 0 atom stereocenters. The highest BCUT2D eigenvalue weighted by Crippen LogP contribution is 1.98. The molecule has 4 N–H and O–H groups in total. The van der Waals surface area contributed by atoms with Crippen LogP contribution in [-0.4, -0.2) is 4.98 Å². The Morgan fingerprint density at radius 2 is 1.91 bits per heavy atom. The molecule has 64 valence electrons. The third kappa shape index (κ3) is 4.03. The topological polar surface area (TPSA) is 64.9 Å². The molecule has 0 aliphatic heterocycles. The smallest absolute Gasteiger partial charge is 0.0541 e. The first-order valence-electron chi connectivity index (χ1n) is 2.73. The van der Waals surface area contributed by atoms with Crippen LogP contribution >= 0.6 is 24.8 Å². The third-order valence-electron chi connectivity index (χ3n) is 1.06. The lowest BCUT2D eigenvalue weighted by atomic mass is 10.3. The molecule has 1 rings (SSSR count). The number of pyridine rings is 1. The second-order valence-electron chi connectivity index (χ2n) is 1.79. The van der Waals surface area contributed by atoms with E-state index in [4.69, 9.17) is 11.5 Å². The van der Waals surface area contributed by atoms with Gasteiger partial charge in [0.2, 0.25) is 0 Å². The van der Waals surface area contributed by atoms with Crippen molar-refractivity contribution in [2.75, 3.05) is 5.73 Å². The minimum absolute atomic E-state index is 0. The molecule has 5 heteroatoms. The zero-order valence-electron chi connectivity index (χ0n) is 5.86. The summed E-state index contributed by atoms with van der Waals surface area (Å²) in [6, 6.07) is 3.60. The Balaban J connectivity index is 0. The van der Waals surface area contributed by atoms with Crippen molar-refractivity contribution in [2.24, 2.45) is 5.73 Å². The maximum absolute atomic E-state index is 5.38. The van der Waals surface area contributed by atoms with Gasteiger partial charge in [-0.1, -0.05) is 0 Å². The Hall–Kier alpha value is -0.510. The molecule has 1 heterocycles. The number of aromatic nitrogens is 1. The first-order valence-corrected chi connectivity index (χ1v) is 2.73. The van der Waals surface area contributed by atoms with Crippen LogP contribution in [0.4, 0.5) is 5.69 Å². The summed E-state index contributed by atoms with van der Waals surface area (Å²) in [4.78, 5) is 3.95. The molecule has 0 aromatic carbocycles. The van der Waals surface area contributed by atoms with Gasteiger partial charge in [0.05, 0.1) is 17.6 Å². The molecule has 0 aliphatic carbocycles. The summed E-state index contributed by atoms with van der Waals surface area (Å²) in [6.07, 6.45) is 1.60. The zero-order valence-corrected chi connectivity index (χ0v) is 7.49. The van der Waals surface area contributed by atoms with Crippen molar-refractivity contribution >= 4 is 30.5 Å². The molecule has 0 radical (unpaired) electrons. The number of hydrogen-bond acceptors (Lipinski definition) is 3. The van der Waals surface area contributed by atoms with Crippen LogP contribution in [-0.2, 0) is 6.54 Å². The van der Waals surface area contributed by atoms with E-state index in [1.165, 1.54) is 0 Å². The molecular formula is C6H11Cl2N3. The molecule has 3 nitrogen and oxygen atoms in total. The van der Waals surface area contributed by atoms with Crippen LogP contribution in [0.5, 0.6) is 0 Å². The first-order chi connectivity index (χ1) is 4.33. The number of nitrogens with zero attached hydrogens (tertiary/aromatic N) is 1. The Labute approximate surface area is 78.0 Å². The Morgan fingerprint density at radius 3 is 2.27 bits per heavy atom. The molecule has 0 bridgehead atoms. The molecule has 11 heavy (non-hydrogen) atoms. The molecule has 0 fully saturated rings. The van der Waals surface area contributed by atoms with Crippen LogP contribution in [0.25, 0.3) is 0 Å². The highest BCUT2D eigenvalue weighted by Gasteiger charge is 1.86. The van der Waals surface area contributed by atoms with Crippen LogP contribution in [0.3, 0.4) is 0 Å². The SMILES string of the molecule is Cl.Cl.NCc1ccc(N)cn1. The summed E-state index contributed by atoms with van der Waals surface area (Å²) in [5.41, 5.74) is 12.2. The molecule has 0 unspecified atom stereocenters. The minimum Gasteiger partial charge on any atom is -0.397 e. The Kier molecular flexibility index (Phi) is 7.41. The number of halogens is 2. The molecule has 0 saturated heterocycles. The van der Waals surface area contributed by atoms with E-state index in [0.717, 1.165) is 5.69 Å². The Morgan fingerprint density at radius 1 is 1.27 bits per heavy atom. The van der Waals surface area contributed by atoms with Gasteiger partial charge < -0.3 is 11.5 Å². The quantitative estimate of drug-likeness (QED) is 0.703. The summed E-state index contributed by atoms with van der Waals surface area (Å²) >= 11 is 0. The predicted molar refractivity (Wildman–Crippen MR) is 51.0 cm³/mol. The highest BCUT2D eigenvalue weighted by atomic mass is 35.5. The van der Waals surface area contributed by atoms with E-state index in [1.807, 2.05) is 6.07 Å². The van der Waals surface area contributed by atoms with Crippen molar-refractivity contribution in [3.05, 3.63) is 24.0 Å². The summed E-state index contributed by atoms with van der Waals surface area (Å²) in [5.74, 6) is 0. The fraction of sp³-hybridized carbons (Fsp3) is 0.167. The molecule has 1 aromatic rings. The highest BCUT2D eigenvalue weighted by molar-refractivity contribution is 5.85. The molecule has 1 aromatic heterocycles. The molecule has 0 spiro atoms. The molecule has 0 aliphatic rings. The van der Waals surface area contributed by atoms with Crippen molar-refractivity contribution in [1.29, 1.82) is 0 Å². The van der Waals surface area contributed by atoms with Gasteiger partial charge in [-0.2, -0.15) is 0 Å². The van der Waals surface area contributed by atoms with Crippen LogP contribution < -0.4 is 11.5 Å². The molecule has 0 saturated carbocycles. The minimum atomic E-state index is 0. The average Bonchev–Trinajstić information content (AvgIpc) is 1.90. The van der Waals surface area contributed by atoms with Crippen molar-refractivity contribution < 1.29 is 0 Å². The first kappa shape index (κ1) is 13.1. The second kappa shape index (κ2) is 6.22. The summed E-state index contributed by atoms with van der Waals surface area (Å²) in [7, 11) is 0. The molecular weight excluding hydrogens is 185 g/mol. The van der Waals surface area contributed by atoms with Gasteiger partial charge in [0.15, 0.2) is 0 Å². The number of hydrogen-bond donors (Lipinski definition) is 2. The lowest BCUT2D eigenvalue weighted by molar-refractivity contribution is 0.992. The van der Waals surface area contributed by atoms with Crippen LogP contribution in [0.1, 0.15) is 5.69 Å². The normalized spacial score (nSPS) is 7.73.